The first kappa shape index (κ1) is 17.1. The number of hydrogen-bond acceptors (Lipinski definition) is 3. The molecule has 1 aliphatic heterocycles. The van der Waals surface area contributed by atoms with Gasteiger partial charge in [0.15, 0.2) is 11.5 Å². The number of halogens is 1. The molecule has 1 N–H and O–H groups in total. The fourth-order valence-corrected chi connectivity index (χ4v) is 2.75. The summed E-state index contributed by atoms with van der Waals surface area (Å²) in [7, 11) is 1.54. The van der Waals surface area contributed by atoms with Crippen molar-refractivity contribution in [3.8, 4) is 11.5 Å². The Kier molecular flexibility index (Phi) is 4.81. The molecular formula is C20H18ClNO3. The highest BCUT2D eigenvalue weighted by Crippen LogP contribution is 2.37. The summed E-state index contributed by atoms with van der Waals surface area (Å²) in [6, 6.07) is 9.20. The van der Waals surface area contributed by atoms with Crippen molar-refractivity contribution in [2.45, 2.75) is 13.8 Å². The van der Waals surface area contributed by atoms with Crippen molar-refractivity contribution in [2.24, 2.45) is 0 Å². The van der Waals surface area contributed by atoms with Gasteiger partial charge in [0.25, 0.3) is 5.91 Å². The topological polar surface area (TPSA) is 47.6 Å². The first-order valence-electron chi connectivity index (χ1n) is 7.79. The third kappa shape index (κ3) is 3.69. The van der Waals surface area contributed by atoms with E-state index in [1.807, 2.05) is 32.0 Å². The molecule has 0 spiro atoms. The standard InChI is InChI=1S/C20H18ClNO3/c1-12-4-5-17(8-13(12)2)22-20(23)14-6-7-25-19-15(9-14)10-16(21)11-18(19)24-3/h4-11H,1-3H3,(H,22,23). The molecule has 2 aromatic carbocycles. The van der Waals surface area contributed by atoms with Crippen molar-refractivity contribution in [3.05, 3.63) is 70.0 Å². The van der Waals surface area contributed by atoms with Crippen molar-refractivity contribution in [1.29, 1.82) is 0 Å². The zero-order valence-electron chi connectivity index (χ0n) is 14.2. The molecule has 4 nitrogen and oxygen atoms in total. The Morgan fingerprint density at radius 2 is 1.96 bits per heavy atom. The van der Waals surface area contributed by atoms with E-state index < -0.39 is 0 Å². The number of amides is 1. The molecular weight excluding hydrogens is 338 g/mol. The van der Waals surface area contributed by atoms with Crippen LogP contribution in [-0.4, -0.2) is 13.0 Å². The molecule has 3 rings (SSSR count). The van der Waals surface area contributed by atoms with Crippen LogP contribution in [0.2, 0.25) is 5.02 Å². The number of benzene rings is 2. The molecule has 1 amide bonds. The van der Waals surface area contributed by atoms with Crippen LogP contribution >= 0.6 is 11.6 Å². The normalized spacial score (nSPS) is 12.6. The number of hydrogen-bond donors (Lipinski definition) is 1. The van der Waals surface area contributed by atoms with Gasteiger partial charge >= 0.3 is 0 Å². The van der Waals surface area contributed by atoms with E-state index in [2.05, 4.69) is 5.32 Å². The van der Waals surface area contributed by atoms with Crippen LogP contribution in [0.3, 0.4) is 0 Å². The summed E-state index contributed by atoms with van der Waals surface area (Å²) in [6.07, 6.45) is 4.81. The Morgan fingerprint density at radius 3 is 2.68 bits per heavy atom. The molecule has 128 valence electrons. The molecule has 0 radical (unpaired) electrons. The molecule has 0 unspecified atom stereocenters. The van der Waals surface area contributed by atoms with Gasteiger partial charge in [-0.25, -0.2) is 0 Å². The molecule has 0 saturated heterocycles. The number of rotatable bonds is 3. The Balaban J connectivity index is 1.92. The van der Waals surface area contributed by atoms with Crippen molar-refractivity contribution < 1.29 is 14.3 Å². The third-order valence-electron chi connectivity index (χ3n) is 4.04. The minimum atomic E-state index is -0.227. The summed E-state index contributed by atoms with van der Waals surface area (Å²) in [5, 5.41) is 3.41. The average molecular weight is 356 g/mol. The van der Waals surface area contributed by atoms with E-state index >= 15 is 0 Å². The van der Waals surface area contributed by atoms with Crippen LogP contribution in [0.5, 0.6) is 11.5 Å². The maximum atomic E-state index is 12.6. The minimum Gasteiger partial charge on any atom is -0.493 e. The van der Waals surface area contributed by atoms with Crippen LogP contribution in [0.1, 0.15) is 16.7 Å². The van der Waals surface area contributed by atoms with Crippen molar-refractivity contribution in [1.82, 2.24) is 0 Å². The number of carbonyl (C=O) groups is 1. The summed E-state index contributed by atoms with van der Waals surface area (Å²) in [6.45, 7) is 4.04. The van der Waals surface area contributed by atoms with Crippen LogP contribution in [0.15, 0.2) is 48.2 Å². The molecule has 1 heterocycles. The maximum Gasteiger partial charge on any atom is 0.255 e. The summed E-state index contributed by atoms with van der Waals surface area (Å²) < 4.78 is 10.9. The van der Waals surface area contributed by atoms with Gasteiger partial charge in [-0.1, -0.05) is 17.7 Å². The summed E-state index contributed by atoms with van der Waals surface area (Å²) >= 11 is 6.12. The highest BCUT2D eigenvalue weighted by molar-refractivity contribution is 6.31. The highest BCUT2D eigenvalue weighted by atomic mass is 35.5. The Labute approximate surface area is 151 Å². The molecule has 5 heteroatoms. The lowest BCUT2D eigenvalue weighted by molar-refractivity contribution is -0.112. The number of methoxy groups -OCH3 is 1. The molecule has 0 bridgehead atoms. The van der Waals surface area contributed by atoms with E-state index in [1.54, 1.807) is 31.4 Å². The van der Waals surface area contributed by atoms with Crippen molar-refractivity contribution in [2.75, 3.05) is 12.4 Å². The van der Waals surface area contributed by atoms with Crippen LogP contribution < -0.4 is 14.8 Å². The van der Waals surface area contributed by atoms with E-state index in [1.165, 1.54) is 11.8 Å². The van der Waals surface area contributed by atoms with Gasteiger partial charge in [0.1, 0.15) is 0 Å². The van der Waals surface area contributed by atoms with E-state index in [0.717, 1.165) is 11.3 Å². The zero-order chi connectivity index (χ0) is 18.0. The van der Waals surface area contributed by atoms with Gasteiger partial charge in [-0.3, -0.25) is 4.79 Å². The summed E-state index contributed by atoms with van der Waals surface area (Å²) in [5.74, 6) is 0.811. The SMILES string of the molecule is COc1cc(Cl)cc2c1OC=CC(C(=O)Nc1ccc(C)c(C)c1)=C2. The van der Waals surface area contributed by atoms with E-state index in [-0.39, 0.29) is 5.91 Å². The molecule has 0 atom stereocenters. The number of fused-ring (bicyclic) bond motifs is 1. The predicted molar refractivity (Wildman–Crippen MR) is 100 cm³/mol. The minimum absolute atomic E-state index is 0.227. The van der Waals surface area contributed by atoms with Gasteiger partial charge in [-0.15, -0.1) is 0 Å². The highest BCUT2D eigenvalue weighted by Gasteiger charge is 2.16. The Bertz CT molecular complexity index is 900. The van der Waals surface area contributed by atoms with Gasteiger partial charge in [-0.05, 0) is 55.3 Å². The summed E-state index contributed by atoms with van der Waals surface area (Å²) in [5.41, 5.74) is 4.18. The summed E-state index contributed by atoms with van der Waals surface area (Å²) in [4.78, 5) is 12.6. The smallest absolute Gasteiger partial charge is 0.255 e. The number of carbonyl (C=O) groups excluding carboxylic acids is 1. The molecule has 0 aliphatic carbocycles. The Hall–Kier alpha value is -2.72. The lowest BCUT2D eigenvalue weighted by Gasteiger charge is -2.10. The molecule has 0 aromatic heterocycles. The number of ether oxygens (including phenoxy) is 2. The van der Waals surface area contributed by atoms with Gasteiger partial charge in [0.2, 0.25) is 0 Å². The fraction of sp³-hybridized carbons (Fsp3) is 0.150. The largest absolute Gasteiger partial charge is 0.493 e. The first-order chi connectivity index (χ1) is 12.0. The quantitative estimate of drug-likeness (QED) is 0.852. The van der Waals surface area contributed by atoms with Crippen LogP contribution in [0, 0.1) is 13.8 Å². The Morgan fingerprint density at radius 1 is 1.16 bits per heavy atom. The van der Waals surface area contributed by atoms with Crippen LogP contribution in [-0.2, 0) is 4.79 Å². The lowest BCUT2D eigenvalue weighted by Crippen LogP contribution is -2.13. The molecule has 1 aliphatic rings. The van der Waals surface area contributed by atoms with E-state index in [4.69, 9.17) is 21.1 Å². The number of anilines is 1. The monoisotopic (exact) mass is 355 g/mol. The van der Waals surface area contributed by atoms with Gasteiger partial charge in [-0.2, -0.15) is 0 Å². The average Bonchev–Trinajstić information content (AvgIpc) is 2.79. The van der Waals surface area contributed by atoms with E-state index in [0.29, 0.717) is 27.7 Å². The fourth-order valence-electron chi connectivity index (χ4n) is 2.53. The van der Waals surface area contributed by atoms with E-state index in [9.17, 15) is 4.79 Å². The lowest BCUT2D eigenvalue weighted by atomic mass is 10.1. The van der Waals surface area contributed by atoms with Gasteiger partial charge < -0.3 is 14.8 Å². The second-order valence-corrected chi connectivity index (χ2v) is 6.24. The number of nitrogens with one attached hydrogen (secondary N) is 1. The third-order valence-corrected chi connectivity index (χ3v) is 4.26. The predicted octanol–water partition coefficient (Wildman–Crippen LogP) is 4.89. The maximum absolute atomic E-state index is 12.6. The van der Waals surface area contributed by atoms with Gasteiger partial charge in [0, 0.05) is 27.9 Å². The first-order valence-corrected chi connectivity index (χ1v) is 8.17. The number of aryl methyl sites for hydroxylation is 2. The molecule has 0 saturated carbocycles. The molecule has 2 aromatic rings. The van der Waals surface area contributed by atoms with Crippen molar-refractivity contribution >= 4 is 29.3 Å². The molecule has 0 fully saturated rings. The van der Waals surface area contributed by atoms with Crippen molar-refractivity contribution in [3.63, 3.8) is 0 Å². The second kappa shape index (κ2) is 7.03. The molecule has 25 heavy (non-hydrogen) atoms. The van der Waals surface area contributed by atoms with Crippen LogP contribution in [0.4, 0.5) is 5.69 Å². The second-order valence-electron chi connectivity index (χ2n) is 5.80. The van der Waals surface area contributed by atoms with Gasteiger partial charge in [0.05, 0.1) is 13.4 Å². The zero-order valence-corrected chi connectivity index (χ0v) is 15.0. The van der Waals surface area contributed by atoms with Crippen LogP contribution in [0.25, 0.3) is 6.08 Å².